The van der Waals surface area contributed by atoms with E-state index in [-0.39, 0.29) is 24.2 Å². The molecule has 0 saturated carbocycles. The number of carbonyl (C=O) groups is 2. The second-order valence-corrected chi connectivity index (χ2v) is 9.73. The van der Waals surface area contributed by atoms with Gasteiger partial charge in [0, 0.05) is 54.8 Å². The molecule has 0 spiro atoms. The van der Waals surface area contributed by atoms with E-state index >= 15 is 0 Å². The molecule has 0 atom stereocenters. The third kappa shape index (κ3) is 6.15. The molecule has 1 fully saturated rings. The van der Waals surface area contributed by atoms with Crippen LogP contribution in [0.5, 0.6) is 0 Å². The number of nitrogens with one attached hydrogen (secondary N) is 1. The number of ether oxygens (including phenoxy) is 1. The van der Waals surface area contributed by atoms with E-state index in [2.05, 4.69) is 15.2 Å². The fraction of sp³-hybridized carbons (Fsp3) is 0.276. The first-order valence-corrected chi connectivity index (χ1v) is 12.7. The van der Waals surface area contributed by atoms with Crippen molar-refractivity contribution in [1.82, 2.24) is 20.0 Å². The van der Waals surface area contributed by atoms with E-state index < -0.39 is 18.9 Å². The van der Waals surface area contributed by atoms with Crippen molar-refractivity contribution in [3.8, 4) is 11.1 Å². The molecular formula is C29H26F4N4O3. The predicted octanol–water partition coefficient (Wildman–Crippen LogP) is 5.19. The van der Waals surface area contributed by atoms with Gasteiger partial charge in [-0.3, -0.25) is 19.0 Å². The van der Waals surface area contributed by atoms with Crippen molar-refractivity contribution in [2.24, 2.45) is 5.92 Å². The summed E-state index contributed by atoms with van der Waals surface area (Å²) in [5.41, 5.74) is 4.07. The summed E-state index contributed by atoms with van der Waals surface area (Å²) in [5.74, 6) is -0.629. The molecule has 1 saturated heterocycles. The summed E-state index contributed by atoms with van der Waals surface area (Å²) in [6, 6.07) is 16.7. The minimum Gasteiger partial charge on any atom is -0.350 e. The number of aromatic nitrogens is 2. The van der Waals surface area contributed by atoms with E-state index in [0.29, 0.717) is 41.8 Å². The summed E-state index contributed by atoms with van der Waals surface area (Å²) in [6.45, 7) is 2.59. The Labute approximate surface area is 227 Å². The van der Waals surface area contributed by atoms with Crippen molar-refractivity contribution in [2.75, 3.05) is 26.2 Å². The van der Waals surface area contributed by atoms with Crippen LogP contribution < -0.4 is 5.32 Å². The smallest absolute Gasteiger partial charge is 0.350 e. The second kappa shape index (κ2) is 11.1. The zero-order valence-corrected chi connectivity index (χ0v) is 21.5. The van der Waals surface area contributed by atoms with Crippen molar-refractivity contribution in [3.05, 3.63) is 89.4 Å². The number of likely N-dealkylation sites (tertiary alicyclic amines) is 1. The quantitative estimate of drug-likeness (QED) is 0.240. The number of rotatable bonds is 8. The van der Waals surface area contributed by atoms with Gasteiger partial charge in [0.25, 0.3) is 11.8 Å². The Morgan fingerprint density at radius 1 is 1.00 bits per heavy atom. The van der Waals surface area contributed by atoms with Crippen LogP contribution in [0.1, 0.15) is 26.3 Å². The normalized spacial score (nSPS) is 13.9. The molecule has 0 radical (unpaired) electrons. The maximum Gasteiger partial charge on any atom is 0.522 e. The molecule has 40 heavy (non-hydrogen) atoms. The summed E-state index contributed by atoms with van der Waals surface area (Å²) in [7, 11) is 0. The molecular weight excluding hydrogens is 528 g/mol. The number of carbonyl (C=O) groups excluding carboxylic acids is 2. The van der Waals surface area contributed by atoms with Crippen molar-refractivity contribution < 1.29 is 31.9 Å². The Balaban J connectivity index is 1.15. The van der Waals surface area contributed by atoms with E-state index in [4.69, 9.17) is 0 Å². The van der Waals surface area contributed by atoms with Gasteiger partial charge in [0.1, 0.15) is 5.82 Å². The topological polar surface area (TPSA) is 76.5 Å². The average molecular weight is 555 g/mol. The van der Waals surface area contributed by atoms with Gasteiger partial charge >= 0.3 is 6.36 Å². The van der Waals surface area contributed by atoms with Crippen LogP contribution in [-0.4, -0.2) is 59.1 Å². The summed E-state index contributed by atoms with van der Waals surface area (Å²) in [5, 5.41) is 7.79. The van der Waals surface area contributed by atoms with Crippen LogP contribution in [0.25, 0.3) is 22.0 Å². The van der Waals surface area contributed by atoms with Crippen LogP contribution in [0.4, 0.5) is 17.6 Å². The highest BCUT2D eigenvalue weighted by atomic mass is 19.4. The third-order valence-electron chi connectivity index (χ3n) is 6.90. The van der Waals surface area contributed by atoms with Gasteiger partial charge in [0.2, 0.25) is 0 Å². The van der Waals surface area contributed by atoms with Crippen molar-refractivity contribution in [1.29, 1.82) is 0 Å². The van der Waals surface area contributed by atoms with Gasteiger partial charge in [0.15, 0.2) is 0 Å². The van der Waals surface area contributed by atoms with E-state index in [1.165, 1.54) is 12.1 Å². The molecule has 1 aliphatic rings. The Hall–Kier alpha value is -4.25. The summed E-state index contributed by atoms with van der Waals surface area (Å²) >= 11 is 0. The van der Waals surface area contributed by atoms with Crippen LogP contribution in [0.2, 0.25) is 0 Å². The fourth-order valence-corrected chi connectivity index (χ4v) is 4.79. The summed E-state index contributed by atoms with van der Waals surface area (Å²) in [4.78, 5) is 27.1. The largest absolute Gasteiger partial charge is 0.522 e. The highest BCUT2D eigenvalue weighted by Gasteiger charge is 2.32. The van der Waals surface area contributed by atoms with Gasteiger partial charge in [-0.25, -0.2) is 4.39 Å². The van der Waals surface area contributed by atoms with E-state index in [0.717, 1.165) is 16.5 Å². The molecule has 4 aromatic rings. The summed E-state index contributed by atoms with van der Waals surface area (Å²) in [6.07, 6.45) is -2.90. The molecule has 208 valence electrons. The maximum absolute atomic E-state index is 13.2. The Kier molecular flexibility index (Phi) is 7.57. The predicted molar refractivity (Wildman–Crippen MR) is 140 cm³/mol. The number of halogens is 4. The number of aryl methyl sites for hydroxylation is 1. The third-order valence-corrected chi connectivity index (χ3v) is 6.90. The molecule has 1 aromatic heterocycles. The highest BCUT2D eigenvalue weighted by Crippen LogP contribution is 2.26. The van der Waals surface area contributed by atoms with Crippen molar-refractivity contribution >= 4 is 22.7 Å². The first kappa shape index (κ1) is 27.3. The lowest BCUT2D eigenvalue weighted by molar-refractivity contribution is -0.323. The number of fused-ring (bicyclic) bond motifs is 1. The van der Waals surface area contributed by atoms with Gasteiger partial charge in [0.05, 0.1) is 12.1 Å². The van der Waals surface area contributed by atoms with E-state index in [1.807, 2.05) is 18.3 Å². The number of alkyl halides is 3. The maximum atomic E-state index is 13.2. The Bertz CT molecular complexity index is 1530. The number of amides is 2. The number of hydrogen-bond donors (Lipinski definition) is 1. The standard InChI is InChI=1S/C29H26F4N4O3/c1-18-24(27(38)34-12-13-40-29(31,32)33)10-11-26-25(18)17-37(35-26)16-19-14-36(15-19)28(39)22-4-2-20(3-5-22)21-6-8-23(30)9-7-21/h2-11,17,19H,12-16H2,1H3,(H,34,38). The lowest BCUT2D eigenvalue weighted by atomic mass is 9.98. The highest BCUT2D eigenvalue weighted by molar-refractivity contribution is 6.00. The molecule has 2 amide bonds. The zero-order chi connectivity index (χ0) is 28.4. The van der Waals surface area contributed by atoms with Gasteiger partial charge in [-0.1, -0.05) is 24.3 Å². The van der Waals surface area contributed by atoms with Crippen molar-refractivity contribution in [2.45, 2.75) is 19.8 Å². The monoisotopic (exact) mass is 554 g/mol. The molecule has 7 nitrogen and oxygen atoms in total. The minimum absolute atomic E-state index is 0.0559. The van der Waals surface area contributed by atoms with E-state index in [9.17, 15) is 27.2 Å². The molecule has 1 N–H and O–H groups in total. The van der Waals surface area contributed by atoms with Crippen LogP contribution in [0.15, 0.2) is 66.9 Å². The van der Waals surface area contributed by atoms with Crippen molar-refractivity contribution in [3.63, 3.8) is 0 Å². The van der Waals surface area contributed by atoms with Gasteiger partial charge in [-0.2, -0.15) is 5.10 Å². The summed E-state index contributed by atoms with van der Waals surface area (Å²) < 4.78 is 55.0. The van der Waals surface area contributed by atoms with Gasteiger partial charge < -0.3 is 10.2 Å². The van der Waals surface area contributed by atoms with E-state index in [1.54, 1.807) is 52.9 Å². The van der Waals surface area contributed by atoms with Gasteiger partial charge in [-0.15, -0.1) is 13.2 Å². The molecule has 5 rings (SSSR count). The van der Waals surface area contributed by atoms with Crippen LogP contribution in [0.3, 0.4) is 0 Å². The van der Waals surface area contributed by atoms with Crippen LogP contribution in [0, 0.1) is 18.7 Å². The lowest BCUT2D eigenvalue weighted by Crippen LogP contribution is -2.51. The molecule has 1 aliphatic heterocycles. The first-order valence-electron chi connectivity index (χ1n) is 12.7. The zero-order valence-electron chi connectivity index (χ0n) is 21.5. The minimum atomic E-state index is -4.74. The molecule has 2 heterocycles. The molecule has 0 bridgehead atoms. The first-order chi connectivity index (χ1) is 19.1. The molecule has 0 unspecified atom stereocenters. The number of hydrogen-bond acceptors (Lipinski definition) is 4. The lowest BCUT2D eigenvalue weighted by Gasteiger charge is -2.39. The number of nitrogens with zero attached hydrogens (tertiary/aromatic N) is 3. The van der Waals surface area contributed by atoms with Crippen LogP contribution in [-0.2, 0) is 11.3 Å². The van der Waals surface area contributed by atoms with Crippen LogP contribution >= 0.6 is 0 Å². The Morgan fingerprint density at radius 3 is 2.30 bits per heavy atom. The fourth-order valence-electron chi connectivity index (χ4n) is 4.79. The number of benzene rings is 3. The molecule has 3 aromatic carbocycles. The Morgan fingerprint density at radius 2 is 1.65 bits per heavy atom. The molecule has 0 aliphatic carbocycles. The molecule has 11 heteroatoms. The average Bonchev–Trinajstić information content (AvgIpc) is 3.32. The SMILES string of the molecule is Cc1c(C(=O)NCCOC(F)(F)F)ccc2nn(CC3CN(C(=O)c4ccc(-c5ccc(F)cc5)cc4)C3)cc12. The van der Waals surface area contributed by atoms with Gasteiger partial charge in [-0.05, 0) is 60.0 Å². The second-order valence-electron chi connectivity index (χ2n) is 9.73.